The Morgan fingerprint density at radius 3 is 1.03 bits per heavy atom. The highest BCUT2D eigenvalue weighted by Gasteiger charge is 2.40. The van der Waals surface area contributed by atoms with E-state index in [1.54, 1.807) is 27.6 Å². The van der Waals surface area contributed by atoms with Gasteiger partial charge in [-0.2, -0.15) is 0 Å². The molecule has 1 aliphatic heterocycles. The number of benzene rings is 1. The van der Waals surface area contributed by atoms with Crippen LogP contribution in [0.15, 0.2) is 31.8 Å². The van der Waals surface area contributed by atoms with Crippen LogP contribution in [0.5, 0.6) is 0 Å². The fourth-order valence-corrected chi connectivity index (χ4v) is 12.4. The second-order valence-corrected chi connectivity index (χ2v) is 22.3. The Morgan fingerprint density at radius 2 is 0.712 bits per heavy atom. The zero-order valence-electron chi connectivity index (χ0n) is 37.5. The molecule has 0 atom stereocenters. The molecule has 0 bridgehead atoms. The fraction of sp³-hybridized carbons (Fsp3) is 0.692. The SMILES string of the molecule is CCCCCCCCCCCCc1cc(-c2ccc(-c3cc(CCCCCCCCCCCC)c(Br)s3)c3c2C(=O)N(CCCCCCCCCCCC)C3=O)sc1Br. The summed E-state index contributed by atoms with van der Waals surface area (Å²) in [5.74, 6) is -0.223. The quantitative estimate of drug-likeness (QED) is 0.0435. The lowest BCUT2D eigenvalue weighted by Crippen LogP contribution is -2.30. The Kier molecular flexibility index (Phi) is 25.5. The highest BCUT2D eigenvalue weighted by Crippen LogP contribution is 2.46. The van der Waals surface area contributed by atoms with Gasteiger partial charge in [-0.3, -0.25) is 14.5 Å². The molecule has 1 aromatic carbocycles. The third kappa shape index (κ3) is 17.1. The number of fused-ring (bicyclic) bond motifs is 1. The third-order valence-corrected chi connectivity index (χ3v) is 16.5. The van der Waals surface area contributed by atoms with Gasteiger partial charge in [0.1, 0.15) is 0 Å². The third-order valence-electron chi connectivity index (χ3n) is 12.5. The smallest absolute Gasteiger partial charge is 0.262 e. The van der Waals surface area contributed by atoms with Crippen molar-refractivity contribution >= 4 is 66.3 Å². The minimum absolute atomic E-state index is 0.111. The Morgan fingerprint density at radius 1 is 0.424 bits per heavy atom. The van der Waals surface area contributed by atoms with Gasteiger partial charge in [0.15, 0.2) is 0 Å². The van der Waals surface area contributed by atoms with Crippen molar-refractivity contribution in [2.45, 2.75) is 226 Å². The normalized spacial score (nSPS) is 12.7. The van der Waals surface area contributed by atoms with Gasteiger partial charge in [0.25, 0.3) is 11.8 Å². The number of aryl methyl sites for hydroxylation is 2. The van der Waals surface area contributed by atoms with Gasteiger partial charge < -0.3 is 0 Å². The second kappa shape index (κ2) is 29.9. The number of unbranched alkanes of at least 4 members (excludes halogenated alkanes) is 27. The van der Waals surface area contributed by atoms with Crippen LogP contribution in [0.2, 0.25) is 0 Å². The van der Waals surface area contributed by atoms with E-state index in [9.17, 15) is 9.59 Å². The van der Waals surface area contributed by atoms with Gasteiger partial charge >= 0.3 is 0 Å². The minimum atomic E-state index is -0.111. The van der Waals surface area contributed by atoms with Crippen LogP contribution >= 0.6 is 54.5 Å². The first-order valence-electron chi connectivity index (χ1n) is 24.5. The number of amides is 2. The summed E-state index contributed by atoms with van der Waals surface area (Å²) in [6.07, 6.45) is 41.0. The summed E-state index contributed by atoms with van der Waals surface area (Å²) < 4.78 is 2.30. The second-order valence-electron chi connectivity index (χ2n) is 17.5. The maximum absolute atomic E-state index is 14.4. The molecule has 2 amide bonds. The van der Waals surface area contributed by atoms with Crippen molar-refractivity contribution in [3.63, 3.8) is 0 Å². The largest absolute Gasteiger partial charge is 0.274 e. The van der Waals surface area contributed by atoms with Crippen LogP contribution < -0.4 is 0 Å². The molecule has 7 heteroatoms. The van der Waals surface area contributed by atoms with Gasteiger partial charge in [-0.1, -0.05) is 206 Å². The molecule has 0 spiro atoms. The van der Waals surface area contributed by atoms with Gasteiger partial charge in [-0.25, -0.2) is 0 Å². The molecule has 3 aromatic rings. The summed E-state index contributed by atoms with van der Waals surface area (Å²) in [6.45, 7) is 7.33. The molecule has 0 radical (unpaired) electrons. The van der Waals surface area contributed by atoms with Gasteiger partial charge in [-0.15, -0.1) is 22.7 Å². The van der Waals surface area contributed by atoms with Crippen LogP contribution in [0.4, 0.5) is 0 Å². The summed E-state index contributed by atoms with van der Waals surface area (Å²) in [4.78, 5) is 32.6. The molecular weight excluding hydrogens is 895 g/mol. The van der Waals surface area contributed by atoms with Crippen LogP contribution in [0.25, 0.3) is 20.9 Å². The molecule has 0 saturated heterocycles. The predicted octanol–water partition coefficient (Wildman–Crippen LogP) is 19.1. The minimum Gasteiger partial charge on any atom is -0.274 e. The first-order chi connectivity index (χ1) is 28.9. The number of carbonyl (C=O) groups is 2. The average molecular weight is 974 g/mol. The number of nitrogens with zero attached hydrogens (tertiary/aromatic N) is 1. The lowest BCUT2D eigenvalue weighted by Gasteiger charge is -2.13. The number of thiophene rings is 2. The average Bonchev–Trinajstić information content (AvgIpc) is 3.88. The van der Waals surface area contributed by atoms with E-state index in [0.717, 1.165) is 54.1 Å². The van der Waals surface area contributed by atoms with E-state index in [2.05, 4.69) is 76.9 Å². The number of carbonyl (C=O) groups excluding carboxylic acids is 2. The van der Waals surface area contributed by atoms with Crippen LogP contribution in [0, 0.1) is 0 Å². The maximum Gasteiger partial charge on any atom is 0.262 e. The number of hydrogen-bond acceptors (Lipinski definition) is 4. The first kappa shape index (κ1) is 50.4. The Balaban J connectivity index is 1.42. The van der Waals surface area contributed by atoms with E-state index in [1.807, 2.05) is 0 Å². The van der Waals surface area contributed by atoms with Crippen LogP contribution in [0.3, 0.4) is 0 Å². The van der Waals surface area contributed by atoms with E-state index >= 15 is 0 Å². The molecule has 59 heavy (non-hydrogen) atoms. The first-order valence-corrected chi connectivity index (χ1v) is 27.7. The van der Waals surface area contributed by atoms with Crippen molar-refractivity contribution < 1.29 is 9.59 Å². The Hall–Kier alpha value is -1.28. The summed E-state index contributed by atoms with van der Waals surface area (Å²) >= 11 is 11.2. The Bertz CT molecular complexity index is 1540. The van der Waals surface area contributed by atoms with Crippen molar-refractivity contribution in [1.29, 1.82) is 0 Å². The molecule has 0 aliphatic carbocycles. The number of hydrogen-bond donors (Lipinski definition) is 0. The molecule has 3 nitrogen and oxygen atoms in total. The lowest BCUT2D eigenvalue weighted by molar-refractivity contribution is 0.0652. The van der Waals surface area contributed by atoms with Gasteiger partial charge in [0, 0.05) is 27.4 Å². The van der Waals surface area contributed by atoms with E-state index in [0.29, 0.717) is 17.7 Å². The van der Waals surface area contributed by atoms with Crippen molar-refractivity contribution in [3.8, 4) is 20.9 Å². The maximum atomic E-state index is 14.4. The van der Waals surface area contributed by atoms with Crippen molar-refractivity contribution in [1.82, 2.24) is 4.90 Å². The van der Waals surface area contributed by atoms with Crippen LogP contribution in [0.1, 0.15) is 245 Å². The molecule has 2 aromatic heterocycles. The van der Waals surface area contributed by atoms with Crippen LogP contribution in [-0.2, 0) is 12.8 Å². The zero-order valence-corrected chi connectivity index (χ0v) is 42.3. The predicted molar refractivity (Wildman–Crippen MR) is 267 cm³/mol. The molecule has 1 aliphatic rings. The highest BCUT2D eigenvalue weighted by atomic mass is 79.9. The molecule has 0 unspecified atom stereocenters. The Labute approximate surface area is 386 Å². The van der Waals surface area contributed by atoms with Gasteiger partial charge in [0.05, 0.1) is 18.7 Å². The fourth-order valence-electron chi connectivity index (χ4n) is 8.81. The molecule has 3 heterocycles. The summed E-state index contributed by atoms with van der Waals surface area (Å²) in [5.41, 5.74) is 5.68. The summed E-state index contributed by atoms with van der Waals surface area (Å²) in [6, 6.07) is 8.82. The van der Waals surface area contributed by atoms with Crippen molar-refractivity contribution in [3.05, 3.63) is 54.1 Å². The number of imide groups is 1. The summed E-state index contributed by atoms with van der Waals surface area (Å²) in [7, 11) is 0. The lowest BCUT2D eigenvalue weighted by atomic mass is 9.95. The van der Waals surface area contributed by atoms with Crippen molar-refractivity contribution in [2.75, 3.05) is 6.54 Å². The van der Waals surface area contributed by atoms with E-state index < -0.39 is 0 Å². The molecule has 0 fully saturated rings. The van der Waals surface area contributed by atoms with E-state index in [1.165, 1.54) is 191 Å². The molecule has 0 N–H and O–H groups in total. The van der Waals surface area contributed by atoms with Crippen molar-refractivity contribution in [2.24, 2.45) is 0 Å². The standard InChI is InChI=1S/C52H79Br2NO2S2/c1-4-7-10-13-16-19-22-25-28-31-34-41-39-45(58-49(41)53)43-36-37-44(46-40-42(50(54)59-46)35-32-29-26-23-20-17-14-11-8-5-2)48-47(43)51(56)55(52(48)57)38-33-30-27-24-21-18-15-12-9-6-3/h36-37,39-40H,4-35,38H2,1-3H3. The van der Waals surface area contributed by atoms with Gasteiger partial charge in [0.2, 0.25) is 0 Å². The van der Waals surface area contributed by atoms with E-state index in [4.69, 9.17) is 0 Å². The topological polar surface area (TPSA) is 37.4 Å². The molecule has 330 valence electrons. The molecule has 4 rings (SSSR count). The molecular formula is C52H79Br2NO2S2. The number of rotatable bonds is 35. The summed E-state index contributed by atoms with van der Waals surface area (Å²) in [5, 5.41) is 0. The van der Waals surface area contributed by atoms with Gasteiger partial charge in [-0.05, 0) is 87.2 Å². The monoisotopic (exact) mass is 971 g/mol. The number of halogens is 2. The molecule has 0 saturated carbocycles. The van der Waals surface area contributed by atoms with Crippen LogP contribution in [-0.4, -0.2) is 23.3 Å². The highest BCUT2D eigenvalue weighted by molar-refractivity contribution is 9.11. The van der Waals surface area contributed by atoms with E-state index in [-0.39, 0.29) is 11.8 Å². The zero-order chi connectivity index (χ0) is 42.1.